The van der Waals surface area contributed by atoms with E-state index in [0.717, 1.165) is 5.56 Å². The minimum Gasteiger partial charge on any atom is -0.207 e. The van der Waals surface area contributed by atoms with Crippen molar-refractivity contribution in [3.63, 3.8) is 0 Å². The topological polar surface area (TPSA) is 37.4 Å². The van der Waals surface area contributed by atoms with Gasteiger partial charge in [0.1, 0.15) is 0 Å². The summed E-state index contributed by atoms with van der Waals surface area (Å²) >= 11 is 3.29. The van der Waals surface area contributed by atoms with Crippen molar-refractivity contribution in [3.05, 3.63) is 29.8 Å². The molecule has 0 N–H and O–H groups in total. The van der Waals surface area contributed by atoms with Gasteiger partial charge in [-0.2, -0.15) is 4.31 Å². The highest BCUT2D eigenvalue weighted by atomic mass is 79.9. The summed E-state index contributed by atoms with van der Waals surface area (Å²) in [5.41, 5.74) is 0.945. The summed E-state index contributed by atoms with van der Waals surface area (Å²) in [4.78, 5) is 0.350. The van der Waals surface area contributed by atoms with Crippen molar-refractivity contribution in [3.8, 4) is 0 Å². The van der Waals surface area contributed by atoms with Crippen molar-refractivity contribution < 1.29 is 8.42 Å². The monoisotopic (exact) mass is 305 g/mol. The summed E-state index contributed by atoms with van der Waals surface area (Å²) in [6.07, 6.45) is 0. The molecule has 16 heavy (non-hydrogen) atoms. The van der Waals surface area contributed by atoms with Gasteiger partial charge in [0, 0.05) is 18.4 Å². The highest BCUT2D eigenvalue weighted by molar-refractivity contribution is 9.09. The standard InChI is InChI=1S/C11H16BrNO2S/c1-9-5-4-6-11(7-9)16(14,15)13(3)10(2)8-12/h4-7,10H,8H2,1-3H3. The fourth-order valence-electron chi connectivity index (χ4n) is 1.28. The fraction of sp³-hybridized carbons (Fsp3) is 0.455. The van der Waals surface area contributed by atoms with E-state index in [2.05, 4.69) is 15.9 Å². The molecule has 90 valence electrons. The molecule has 0 spiro atoms. The number of alkyl halides is 1. The van der Waals surface area contributed by atoms with Crippen LogP contribution in [0.3, 0.4) is 0 Å². The van der Waals surface area contributed by atoms with E-state index in [-0.39, 0.29) is 6.04 Å². The molecule has 0 saturated carbocycles. The van der Waals surface area contributed by atoms with Crippen LogP contribution in [0.25, 0.3) is 0 Å². The molecular weight excluding hydrogens is 290 g/mol. The van der Waals surface area contributed by atoms with Gasteiger partial charge in [-0.25, -0.2) is 8.42 Å². The molecule has 0 heterocycles. The number of benzene rings is 1. The van der Waals surface area contributed by atoms with E-state index in [1.54, 1.807) is 25.2 Å². The number of aryl methyl sites for hydroxylation is 1. The number of nitrogens with zero attached hydrogens (tertiary/aromatic N) is 1. The number of rotatable bonds is 4. The minimum atomic E-state index is -3.37. The lowest BCUT2D eigenvalue weighted by molar-refractivity contribution is 0.416. The quantitative estimate of drug-likeness (QED) is 0.801. The Labute approximate surface area is 106 Å². The Morgan fingerprint density at radius 2 is 2.06 bits per heavy atom. The van der Waals surface area contributed by atoms with Gasteiger partial charge in [-0.1, -0.05) is 28.1 Å². The van der Waals surface area contributed by atoms with Crippen LogP contribution in [0.15, 0.2) is 29.2 Å². The Balaban J connectivity index is 3.12. The first kappa shape index (κ1) is 13.7. The van der Waals surface area contributed by atoms with Gasteiger partial charge < -0.3 is 0 Å². The molecule has 0 fully saturated rings. The Bertz CT molecular complexity index is 459. The maximum atomic E-state index is 12.2. The average Bonchev–Trinajstić information content (AvgIpc) is 2.27. The van der Waals surface area contributed by atoms with Crippen molar-refractivity contribution in [1.29, 1.82) is 0 Å². The van der Waals surface area contributed by atoms with Gasteiger partial charge in [0.05, 0.1) is 4.90 Å². The van der Waals surface area contributed by atoms with Crippen molar-refractivity contribution in [1.82, 2.24) is 4.31 Å². The molecule has 0 aliphatic carbocycles. The van der Waals surface area contributed by atoms with E-state index in [4.69, 9.17) is 0 Å². The Hall–Kier alpha value is -0.390. The molecule has 0 aromatic heterocycles. The second kappa shape index (κ2) is 5.29. The van der Waals surface area contributed by atoms with Gasteiger partial charge in [-0.15, -0.1) is 0 Å². The zero-order valence-electron chi connectivity index (χ0n) is 9.64. The highest BCUT2D eigenvalue weighted by Crippen LogP contribution is 2.18. The molecular formula is C11H16BrNO2S. The zero-order chi connectivity index (χ0) is 12.3. The summed E-state index contributed by atoms with van der Waals surface area (Å²) in [6.45, 7) is 3.75. The number of halogens is 1. The van der Waals surface area contributed by atoms with Crippen LogP contribution in [0.2, 0.25) is 0 Å². The van der Waals surface area contributed by atoms with Gasteiger partial charge in [0.2, 0.25) is 10.0 Å². The zero-order valence-corrected chi connectivity index (χ0v) is 12.0. The lowest BCUT2D eigenvalue weighted by atomic mass is 10.2. The first-order valence-electron chi connectivity index (χ1n) is 5.00. The number of hydrogen-bond donors (Lipinski definition) is 0. The molecule has 0 saturated heterocycles. The third-order valence-corrected chi connectivity index (χ3v) is 5.42. The first-order valence-corrected chi connectivity index (χ1v) is 7.56. The smallest absolute Gasteiger partial charge is 0.207 e. The van der Waals surface area contributed by atoms with Gasteiger partial charge in [0.25, 0.3) is 0 Å². The first-order chi connectivity index (χ1) is 7.39. The number of sulfonamides is 1. The van der Waals surface area contributed by atoms with Gasteiger partial charge >= 0.3 is 0 Å². The summed E-state index contributed by atoms with van der Waals surface area (Å²) in [7, 11) is -1.77. The van der Waals surface area contributed by atoms with E-state index in [9.17, 15) is 8.42 Å². The molecule has 1 atom stereocenters. The third-order valence-electron chi connectivity index (χ3n) is 2.51. The largest absolute Gasteiger partial charge is 0.243 e. The summed E-state index contributed by atoms with van der Waals surface area (Å²) in [5, 5.41) is 0.620. The van der Waals surface area contributed by atoms with Crippen LogP contribution in [0.4, 0.5) is 0 Å². The van der Waals surface area contributed by atoms with E-state index >= 15 is 0 Å². The lowest BCUT2D eigenvalue weighted by Gasteiger charge is -2.22. The Morgan fingerprint density at radius 1 is 1.44 bits per heavy atom. The van der Waals surface area contributed by atoms with Gasteiger partial charge in [0.15, 0.2) is 0 Å². The van der Waals surface area contributed by atoms with Crippen molar-refractivity contribution in [2.24, 2.45) is 0 Å². The molecule has 5 heteroatoms. The van der Waals surface area contributed by atoms with Crippen LogP contribution in [-0.4, -0.2) is 31.1 Å². The number of hydrogen-bond acceptors (Lipinski definition) is 2. The maximum Gasteiger partial charge on any atom is 0.243 e. The van der Waals surface area contributed by atoms with Crippen LogP contribution in [0.5, 0.6) is 0 Å². The molecule has 1 aromatic rings. The molecule has 0 aliphatic heterocycles. The van der Waals surface area contributed by atoms with E-state index in [1.807, 2.05) is 19.9 Å². The third kappa shape index (κ3) is 2.84. The normalized spacial score (nSPS) is 14.1. The maximum absolute atomic E-state index is 12.2. The second-order valence-corrected chi connectivity index (χ2v) is 6.49. The van der Waals surface area contributed by atoms with E-state index < -0.39 is 10.0 Å². The lowest BCUT2D eigenvalue weighted by Crippen LogP contribution is -2.36. The molecule has 0 aliphatic rings. The Kier molecular flexibility index (Phi) is 4.52. The van der Waals surface area contributed by atoms with Crippen molar-refractivity contribution in [2.45, 2.75) is 24.8 Å². The SMILES string of the molecule is Cc1cccc(S(=O)(=O)N(C)C(C)CBr)c1. The van der Waals surface area contributed by atoms with Gasteiger partial charge in [-0.3, -0.25) is 0 Å². The summed E-state index contributed by atoms with van der Waals surface area (Å²) < 4.78 is 25.8. The average molecular weight is 306 g/mol. The van der Waals surface area contributed by atoms with Crippen LogP contribution in [-0.2, 0) is 10.0 Å². The summed E-state index contributed by atoms with van der Waals surface area (Å²) in [5.74, 6) is 0. The Morgan fingerprint density at radius 3 is 2.56 bits per heavy atom. The van der Waals surface area contributed by atoms with E-state index in [1.165, 1.54) is 4.31 Å². The molecule has 1 rings (SSSR count). The van der Waals surface area contributed by atoms with Crippen LogP contribution >= 0.6 is 15.9 Å². The fourth-order valence-corrected chi connectivity index (χ4v) is 3.37. The molecule has 0 amide bonds. The molecule has 3 nitrogen and oxygen atoms in total. The van der Waals surface area contributed by atoms with Crippen LogP contribution in [0.1, 0.15) is 12.5 Å². The molecule has 0 bridgehead atoms. The van der Waals surface area contributed by atoms with Crippen molar-refractivity contribution >= 4 is 26.0 Å². The predicted octanol–water partition coefficient (Wildman–Crippen LogP) is 2.40. The highest BCUT2D eigenvalue weighted by Gasteiger charge is 2.24. The molecule has 1 aromatic carbocycles. The second-order valence-electron chi connectivity index (χ2n) is 3.84. The van der Waals surface area contributed by atoms with Crippen LogP contribution in [0, 0.1) is 6.92 Å². The summed E-state index contributed by atoms with van der Waals surface area (Å²) in [6, 6.07) is 6.89. The van der Waals surface area contributed by atoms with Crippen molar-refractivity contribution in [2.75, 3.05) is 12.4 Å². The predicted molar refractivity (Wildman–Crippen MR) is 69.4 cm³/mol. The molecule has 1 unspecified atom stereocenters. The minimum absolute atomic E-state index is 0.0643. The molecule has 0 radical (unpaired) electrons. The van der Waals surface area contributed by atoms with Crippen LogP contribution < -0.4 is 0 Å². The van der Waals surface area contributed by atoms with Gasteiger partial charge in [-0.05, 0) is 31.5 Å². The van der Waals surface area contributed by atoms with E-state index in [0.29, 0.717) is 10.2 Å².